The summed E-state index contributed by atoms with van der Waals surface area (Å²) in [7, 11) is 1.23. The standard InChI is InChI=1S/C3H6N2O2/c1-7-3(6)5-2-4/h2H,1H3,(H2,4,5,6). The molecule has 40 valence electrons. The van der Waals surface area contributed by atoms with Crippen LogP contribution in [0.1, 0.15) is 0 Å². The first-order chi connectivity index (χ1) is 3.31. The minimum atomic E-state index is -0.616. The Morgan fingerprint density at radius 1 is 2.00 bits per heavy atom. The van der Waals surface area contributed by atoms with Gasteiger partial charge in [0.15, 0.2) is 0 Å². The largest absolute Gasteiger partial charge is 0.453 e. The van der Waals surface area contributed by atoms with Crippen molar-refractivity contribution in [2.24, 2.45) is 0 Å². The van der Waals surface area contributed by atoms with E-state index in [1.165, 1.54) is 7.11 Å². The molecule has 2 N–H and O–H groups in total. The van der Waals surface area contributed by atoms with Crippen molar-refractivity contribution in [1.29, 1.82) is 5.41 Å². The van der Waals surface area contributed by atoms with E-state index in [-0.39, 0.29) is 0 Å². The number of alkyl carbamates (subject to hydrolysis) is 1. The van der Waals surface area contributed by atoms with E-state index in [0.717, 1.165) is 6.34 Å². The van der Waals surface area contributed by atoms with Crippen molar-refractivity contribution in [1.82, 2.24) is 5.32 Å². The maximum atomic E-state index is 9.93. The summed E-state index contributed by atoms with van der Waals surface area (Å²) in [5.74, 6) is 0. The summed E-state index contributed by atoms with van der Waals surface area (Å²) < 4.78 is 4.09. The summed E-state index contributed by atoms with van der Waals surface area (Å²) in [6, 6.07) is 0. The number of ether oxygens (including phenoxy) is 1. The molecule has 1 amide bonds. The Hall–Kier alpha value is -1.06. The summed E-state index contributed by atoms with van der Waals surface area (Å²) in [4.78, 5) is 9.93. The number of methoxy groups -OCH3 is 1. The number of rotatable bonds is 1. The van der Waals surface area contributed by atoms with Gasteiger partial charge in [-0.25, -0.2) is 4.79 Å². The van der Waals surface area contributed by atoms with Gasteiger partial charge in [-0.2, -0.15) is 0 Å². The molecule has 0 unspecified atom stereocenters. The van der Waals surface area contributed by atoms with Gasteiger partial charge in [-0.1, -0.05) is 0 Å². The van der Waals surface area contributed by atoms with Crippen LogP contribution in [-0.2, 0) is 4.74 Å². The zero-order valence-electron chi connectivity index (χ0n) is 3.89. The van der Waals surface area contributed by atoms with Gasteiger partial charge >= 0.3 is 6.09 Å². The van der Waals surface area contributed by atoms with E-state index in [1.54, 1.807) is 0 Å². The quantitative estimate of drug-likeness (QED) is 0.360. The van der Waals surface area contributed by atoms with Crippen LogP contribution in [0.5, 0.6) is 0 Å². The highest BCUT2D eigenvalue weighted by Crippen LogP contribution is 1.63. The van der Waals surface area contributed by atoms with E-state index in [0.29, 0.717) is 0 Å². The van der Waals surface area contributed by atoms with Crippen LogP contribution in [-0.4, -0.2) is 19.5 Å². The highest BCUT2D eigenvalue weighted by Gasteiger charge is 1.88. The van der Waals surface area contributed by atoms with Crippen LogP contribution in [0.4, 0.5) is 4.79 Å². The lowest BCUT2D eigenvalue weighted by Gasteiger charge is -1.91. The van der Waals surface area contributed by atoms with Crippen molar-refractivity contribution >= 4 is 12.4 Å². The predicted molar refractivity (Wildman–Crippen MR) is 24.3 cm³/mol. The van der Waals surface area contributed by atoms with Crippen molar-refractivity contribution in [3.8, 4) is 0 Å². The smallest absolute Gasteiger partial charge is 0.412 e. The molecule has 7 heavy (non-hydrogen) atoms. The number of hydrogen-bond acceptors (Lipinski definition) is 3. The maximum Gasteiger partial charge on any atom is 0.412 e. The van der Waals surface area contributed by atoms with Crippen LogP contribution in [0.15, 0.2) is 0 Å². The SMILES string of the molecule is COC(=O)NC=N. The van der Waals surface area contributed by atoms with Crippen molar-refractivity contribution in [2.75, 3.05) is 7.11 Å². The first kappa shape index (κ1) is 5.94. The van der Waals surface area contributed by atoms with Crippen LogP contribution >= 0.6 is 0 Å². The Bertz CT molecular complexity index is 81.0. The van der Waals surface area contributed by atoms with Crippen LogP contribution in [0.25, 0.3) is 0 Å². The Balaban J connectivity index is 3.17. The van der Waals surface area contributed by atoms with Gasteiger partial charge in [-0.3, -0.25) is 10.7 Å². The zero-order valence-corrected chi connectivity index (χ0v) is 3.89. The first-order valence-corrected chi connectivity index (χ1v) is 1.64. The van der Waals surface area contributed by atoms with Crippen LogP contribution < -0.4 is 5.32 Å². The van der Waals surface area contributed by atoms with Gasteiger partial charge in [0.05, 0.1) is 13.4 Å². The molecule has 0 saturated heterocycles. The molecule has 0 aliphatic carbocycles. The van der Waals surface area contributed by atoms with E-state index in [9.17, 15) is 4.79 Å². The molecule has 0 aromatic heterocycles. The fraction of sp³-hybridized carbons (Fsp3) is 0.333. The molecular formula is C3H6N2O2. The molecule has 0 aromatic rings. The highest BCUT2D eigenvalue weighted by atomic mass is 16.5. The second kappa shape index (κ2) is 3.14. The monoisotopic (exact) mass is 102 g/mol. The predicted octanol–water partition coefficient (Wildman–Crippen LogP) is -0.0505. The average molecular weight is 102 g/mol. The van der Waals surface area contributed by atoms with Gasteiger partial charge in [0.1, 0.15) is 0 Å². The summed E-state index contributed by atoms with van der Waals surface area (Å²) >= 11 is 0. The molecule has 0 fully saturated rings. The topological polar surface area (TPSA) is 62.2 Å². The second-order valence-corrected chi connectivity index (χ2v) is 0.780. The van der Waals surface area contributed by atoms with Gasteiger partial charge in [0.25, 0.3) is 0 Å². The van der Waals surface area contributed by atoms with E-state index in [4.69, 9.17) is 5.41 Å². The molecule has 0 rings (SSSR count). The third-order valence-corrected chi connectivity index (χ3v) is 0.375. The first-order valence-electron chi connectivity index (χ1n) is 1.64. The Kier molecular flexibility index (Phi) is 2.67. The van der Waals surface area contributed by atoms with Gasteiger partial charge in [0, 0.05) is 0 Å². The number of carbonyl (C=O) groups excluding carboxylic acids is 1. The molecule has 0 bridgehead atoms. The number of amides is 1. The molecule has 4 nitrogen and oxygen atoms in total. The second-order valence-electron chi connectivity index (χ2n) is 0.780. The lowest BCUT2D eigenvalue weighted by Crippen LogP contribution is -2.19. The molecule has 0 atom stereocenters. The average Bonchev–Trinajstić information content (AvgIpc) is 1.68. The van der Waals surface area contributed by atoms with Gasteiger partial charge in [0.2, 0.25) is 0 Å². The van der Waals surface area contributed by atoms with E-state index >= 15 is 0 Å². The summed E-state index contributed by atoms with van der Waals surface area (Å²) in [5.41, 5.74) is 0. The fourth-order valence-corrected chi connectivity index (χ4v) is 0.118. The van der Waals surface area contributed by atoms with Crippen molar-refractivity contribution in [3.63, 3.8) is 0 Å². The number of carbonyl (C=O) groups is 1. The van der Waals surface area contributed by atoms with Crippen molar-refractivity contribution in [2.45, 2.75) is 0 Å². The van der Waals surface area contributed by atoms with E-state index in [2.05, 4.69) is 4.74 Å². The summed E-state index contributed by atoms with van der Waals surface area (Å²) in [6.07, 6.45) is 0.140. The zero-order chi connectivity index (χ0) is 5.70. The van der Waals surface area contributed by atoms with Crippen molar-refractivity contribution in [3.05, 3.63) is 0 Å². The fourth-order valence-electron chi connectivity index (χ4n) is 0.118. The Morgan fingerprint density at radius 2 is 2.57 bits per heavy atom. The molecule has 0 heterocycles. The molecule has 4 heteroatoms. The molecule has 0 spiro atoms. The minimum absolute atomic E-state index is 0.616. The van der Waals surface area contributed by atoms with E-state index < -0.39 is 6.09 Å². The van der Waals surface area contributed by atoms with E-state index in [1.807, 2.05) is 5.32 Å². The summed E-state index contributed by atoms with van der Waals surface area (Å²) in [6.45, 7) is 0. The molecule has 0 radical (unpaired) electrons. The van der Waals surface area contributed by atoms with Crippen LogP contribution in [0, 0.1) is 5.41 Å². The third-order valence-electron chi connectivity index (χ3n) is 0.375. The lowest BCUT2D eigenvalue weighted by atomic mass is 11.1. The Morgan fingerprint density at radius 3 is 2.71 bits per heavy atom. The van der Waals surface area contributed by atoms with Gasteiger partial charge in [-0.15, -0.1) is 0 Å². The van der Waals surface area contributed by atoms with Gasteiger partial charge < -0.3 is 4.74 Å². The summed E-state index contributed by atoms with van der Waals surface area (Å²) in [5, 5.41) is 8.28. The molecule has 0 aliphatic rings. The third kappa shape index (κ3) is 2.75. The maximum absolute atomic E-state index is 9.93. The Labute approximate surface area is 41.0 Å². The number of hydrogen-bond donors (Lipinski definition) is 2. The molecule has 0 aliphatic heterocycles. The van der Waals surface area contributed by atoms with Crippen LogP contribution in [0.2, 0.25) is 0 Å². The van der Waals surface area contributed by atoms with Crippen LogP contribution in [0.3, 0.4) is 0 Å². The number of nitrogens with one attached hydrogen (secondary N) is 2. The highest BCUT2D eigenvalue weighted by molar-refractivity contribution is 5.80. The molecule has 0 aromatic carbocycles. The molecule has 0 saturated carbocycles. The van der Waals surface area contributed by atoms with Gasteiger partial charge in [-0.05, 0) is 0 Å². The lowest BCUT2D eigenvalue weighted by molar-refractivity contribution is 0.177. The normalized spacial score (nSPS) is 7.00. The van der Waals surface area contributed by atoms with Crippen molar-refractivity contribution < 1.29 is 9.53 Å². The minimum Gasteiger partial charge on any atom is -0.453 e. The molecular weight excluding hydrogens is 96.0 g/mol.